The summed E-state index contributed by atoms with van der Waals surface area (Å²) in [4.78, 5) is 6.76. The maximum atomic E-state index is 5.69. The standard InChI is InChI=1S/C20H32N4O2/c1-3-14-26-19-9-5-4-8-18(19)17-23-20(21-2)22-10-6-7-11-24-12-15-25-16-13-24/h3-5,8-9H,1,6-7,10-17H2,2H3,(H2,21,22,23). The molecule has 1 fully saturated rings. The van der Waals surface area contributed by atoms with Crippen molar-refractivity contribution in [2.45, 2.75) is 19.4 Å². The molecule has 0 atom stereocenters. The number of para-hydroxylation sites is 1. The molecular formula is C20H32N4O2. The molecule has 26 heavy (non-hydrogen) atoms. The van der Waals surface area contributed by atoms with Gasteiger partial charge in [0.25, 0.3) is 0 Å². The van der Waals surface area contributed by atoms with Crippen LogP contribution in [0.1, 0.15) is 18.4 Å². The van der Waals surface area contributed by atoms with E-state index in [-0.39, 0.29) is 0 Å². The van der Waals surface area contributed by atoms with Gasteiger partial charge in [0.15, 0.2) is 5.96 Å². The second kappa shape index (κ2) is 12.3. The summed E-state index contributed by atoms with van der Waals surface area (Å²) in [6.07, 6.45) is 4.06. The number of nitrogens with zero attached hydrogens (tertiary/aromatic N) is 2. The maximum absolute atomic E-state index is 5.69. The largest absolute Gasteiger partial charge is 0.489 e. The average molecular weight is 361 g/mol. The van der Waals surface area contributed by atoms with Crippen LogP contribution in [0, 0.1) is 0 Å². The second-order valence-electron chi connectivity index (χ2n) is 6.22. The number of rotatable bonds is 10. The highest BCUT2D eigenvalue weighted by Crippen LogP contribution is 2.17. The lowest BCUT2D eigenvalue weighted by Crippen LogP contribution is -2.38. The van der Waals surface area contributed by atoms with Gasteiger partial charge in [-0.15, -0.1) is 0 Å². The smallest absolute Gasteiger partial charge is 0.191 e. The first-order valence-corrected chi connectivity index (χ1v) is 9.39. The van der Waals surface area contributed by atoms with Crippen LogP contribution in [0.4, 0.5) is 0 Å². The van der Waals surface area contributed by atoms with E-state index in [1.54, 1.807) is 13.1 Å². The third-order valence-electron chi connectivity index (χ3n) is 4.30. The Morgan fingerprint density at radius 3 is 2.85 bits per heavy atom. The van der Waals surface area contributed by atoms with Crippen LogP contribution in [-0.4, -0.2) is 63.9 Å². The molecule has 1 aromatic rings. The molecule has 1 aromatic carbocycles. The minimum atomic E-state index is 0.507. The molecule has 2 N–H and O–H groups in total. The van der Waals surface area contributed by atoms with Crippen molar-refractivity contribution in [2.75, 3.05) is 53.0 Å². The Bertz CT molecular complexity index is 556. The number of aliphatic imine (C=N–C) groups is 1. The first kappa shape index (κ1) is 20.3. The number of guanidine groups is 1. The molecule has 1 aliphatic rings. The third kappa shape index (κ3) is 7.45. The van der Waals surface area contributed by atoms with E-state index in [0.717, 1.165) is 63.1 Å². The Kier molecular flexibility index (Phi) is 9.61. The van der Waals surface area contributed by atoms with Crippen molar-refractivity contribution < 1.29 is 9.47 Å². The molecule has 0 bridgehead atoms. The first-order chi connectivity index (χ1) is 12.8. The number of ether oxygens (including phenoxy) is 2. The summed E-state index contributed by atoms with van der Waals surface area (Å²) >= 11 is 0. The van der Waals surface area contributed by atoms with Gasteiger partial charge in [-0.05, 0) is 25.5 Å². The zero-order valence-electron chi connectivity index (χ0n) is 15.9. The van der Waals surface area contributed by atoms with Gasteiger partial charge in [0, 0.05) is 38.8 Å². The lowest BCUT2D eigenvalue weighted by Gasteiger charge is -2.26. The monoisotopic (exact) mass is 360 g/mol. The number of hydrogen-bond acceptors (Lipinski definition) is 4. The van der Waals surface area contributed by atoms with E-state index in [4.69, 9.17) is 9.47 Å². The van der Waals surface area contributed by atoms with Crippen molar-refractivity contribution >= 4 is 5.96 Å². The number of morpholine rings is 1. The van der Waals surface area contributed by atoms with Crippen LogP contribution >= 0.6 is 0 Å². The predicted octanol–water partition coefficient (Wildman–Crippen LogP) is 2.03. The van der Waals surface area contributed by atoms with Crippen molar-refractivity contribution in [2.24, 2.45) is 4.99 Å². The Morgan fingerprint density at radius 2 is 2.08 bits per heavy atom. The summed E-state index contributed by atoms with van der Waals surface area (Å²) < 4.78 is 11.1. The molecule has 0 radical (unpaired) electrons. The zero-order chi connectivity index (χ0) is 18.5. The summed E-state index contributed by atoms with van der Waals surface area (Å²) in [5, 5.41) is 6.73. The quantitative estimate of drug-likeness (QED) is 0.289. The van der Waals surface area contributed by atoms with Crippen molar-refractivity contribution in [3.63, 3.8) is 0 Å². The van der Waals surface area contributed by atoms with Crippen LogP contribution < -0.4 is 15.4 Å². The SMILES string of the molecule is C=CCOc1ccccc1CNC(=NC)NCCCCN1CCOCC1. The summed E-state index contributed by atoms with van der Waals surface area (Å²) in [5.74, 6) is 1.69. The van der Waals surface area contributed by atoms with E-state index < -0.39 is 0 Å². The lowest BCUT2D eigenvalue weighted by atomic mass is 10.2. The molecule has 0 unspecified atom stereocenters. The average Bonchev–Trinajstić information content (AvgIpc) is 2.70. The molecule has 1 heterocycles. The fraction of sp³-hybridized carbons (Fsp3) is 0.550. The molecule has 144 valence electrons. The molecule has 1 saturated heterocycles. The van der Waals surface area contributed by atoms with Gasteiger partial charge in [-0.25, -0.2) is 0 Å². The van der Waals surface area contributed by atoms with Gasteiger partial charge < -0.3 is 20.1 Å². The molecule has 2 rings (SSSR count). The normalized spacial score (nSPS) is 15.5. The summed E-state index contributed by atoms with van der Waals surface area (Å²) in [6, 6.07) is 8.02. The molecule has 6 nitrogen and oxygen atoms in total. The first-order valence-electron chi connectivity index (χ1n) is 9.39. The highest BCUT2D eigenvalue weighted by molar-refractivity contribution is 5.79. The molecule has 0 saturated carbocycles. The molecular weight excluding hydrogens is 328 g/mol. The fourth-order valence-electron chi connectivity index (χ4n) is 2.83. The Labute approximate surface area is 157 Å². The lowest BCUT2D eigenvalue weighted by molar-refractivity contribution is 0.0372. The summed E-state index contributed by atoms with van der Waals surface area (Å²) in [5.41, 5.74) is 1.10. The Balaban J connectivity index is 1.65. The molecule has 0 aromatic heterocycles. The number of unbranched alkanes of at least 4 members (excludes halogenated alkanes) is 1. The summed E-state index contributed by atoms with van der Waals surface area (Å²) in [7, 11) is 1.79. The molecule has 0 spiro atoms. The van der Waals surface area contributed by atoms with Crippen molar-refractivity contribution in [3.8, 4) is 5.75 Å². The molecule has 0 aliphatic carbocycles. The fourth-order valence-corrected chi connectivity index (χ4v) is 2.83. The van der Waals surface area contributed by atoms with Crippen molar-refractivity contribution in [3.05, 3.63) is 42.5 Å². The van der Waals surface area contributed by atoms with Gasteiger partial charge in [0.2, 0.25) is 0 Å². The highest BCUT2D eigenvalue weighted by Gasteiger charge is 2.09. The van der Waals surface area contributed by atoms with Gasteiger partial charge in [0.1, 0.15) is 12.4 Å². The Morgan fingerprint density at radius 1 is 1.27 bits per heavy atom. The van der Waals surface area contributed by atoms with E-state index in [9.17, 15) is 0 Å². The number of hydrogen-bond donors (Lipinski definition) is 2. The van der Waals surface area contributed by atoms with E-state index in [1.807, 2.05) is 18.2 Å². The van der Waals surface area contributed by atoms with Crippen LogP contribution in [0.25, 0.3) is 0 Å². The molecule has 6 heteroatoms. The van der Waals surface area contributed by atoms with E-state index in [2.05, 4.69) is 33.2 Å². The third-order valence-corrected chi connectivity index (χ3v) is 4.30. The number of nitrogens with one attached hydrogen (secondary N) is 2. The van der Waals surface area contributed by atoms with Crippen molar-refractivity contribution in [1.82, 2.24) is 15.5 Å². The van der Waals surface area contributed by atoms with E-state index >= 15 is 0 Å². The molecule has 0 amide bonds. The molecule has 1 aliphatic heterocycles. The Hall–Kier alpha value is -2.05. The summed E-state index contributed by atoms with van der Waals surface area (Å²) in [6.45, 7) is 10.8. The van der Waals surface area contributed by atoms with Gasteiger partial charge >= 0.3 is 0 Å². The van der Waals surface area contributed by atoms with E-state index in [0.29, 0.717) is 13.2 Å². The second-order valence-corrected chi connectivity index (χ2v) is 6.22. The van der Waals surface area contributed by atoms with Crippen molar-refractivity contribution in [1.29, 1.82) is 0 Å². The predicted molar refractivity (Wildman–Crippen MR) is 107 cm³/mol. The topological polar surface area (TPSA) is 58.1 Å². The van der Waals surface area contributed by atoms with Gasteiger partial charge in [0.05, 0.1) is 13.2 Å². The minimum Gasteiger partial charge on any atom is -0.489 e. The van der Waals surface area contributed by atoms with Crippen LogP contribution in [0.5, 0.6) is 5.75 Å². The van der Waals surface area contributed by atoms with Gasteiger partial charge in [-0.3, -0.25) is 9.89 Å². The zero-order valence-corrected chi connectivity index (χ0v) is 15.9. The highest BCUT2D eigenvalue weighted by atomic mass is 16.5. The van der Waals surface area contributed by atoms with Gasteiger partial charge in [-0.1, -0.05) is 30.9 Å². The maximum Gasteiger partial charge on any atom is 0.191 e. The van der Waals surface area contributed by atoms with Crippen LogP contribution in [0.2, 0.25) is 0 Å². The van der Waals surface area contributed by atoms with Gasteiger partial charge in [-0.2, -0.15) is 0 Å². The van der Waals surface area contributed by atoms with Crippen LogP contribution in [0.3, 0.4) is 0 Å². The van der Waals surface area contributed by atoms with E-state index in [1.165, 1.54) is 6.42 Å². The number of benzene rings is 1. The minimum absolute atomic E-state index is 0.507. The van der Waals surface area contributed by atoms with Crippen LogP contribution in [0.15, 0.2) is 41.9 Å². The van der Waals surface area contributed by atoms with Crippen LogP contribution in [-0.2, 0) is 11.3 Å².